The molecule has 1 N–H and O–H groups in total. The standard InChI is InChI=1S/C15H21NO2/c1-11(2)7-9-16-10-8-13(15(17)18)12-5-3-4-6-14(12)16/h3-6,11,13H,7-10H2,1-2H3,(H,17,18). The normalized spacial score (nSPS) is 18.8. The van der Waals surface area contributed by atoms with Crippen molar-refractivity contribution in [3.05, 3.63) is 29.8 Å². The van der Waals surface area contributed by atoms with Gasteiger partial charge >= 0.3 is 5.97 Å². The first-order chi connectivity index (χ1) is 8.59. The molecule has 1 aromatic carbocycles. The summed E-state index contributed by atoms with van der Waals surface area (Å²) in [6, 6.07) is 7.92. The van der Waals surface area contributed by atoms with Crippen molar-refractivity contribution in [3.8, 4) is 0 Å². The Bertz CT molecular complexity index is 428. The van der Waals surface area contributed by atoms with Gasteiger partial charge in [0.05, 0.1) is 5.92 Å². The summed E-state index contributed by atoms with van der Waals surface area (Å²) in [5.74, 6) is -0.364. The van der Waals surface area contributed by atoms with Gasteiger partial charge in [-0.15, -0.1) is 0 Å². The summed E-state index contributed by atoms with van der Waals surface area (Å²) in [6.07, 6.45) is 1.86. The molecule has 0 fully saturated rings. The third-order valence-electron chi connectivity index (χ3n) is 3.62. The van der Waals surface area contributed by atoms with Gasteiger partial charge in [0.2, 0.25) is 0 Å². The zero-order chi connectivity index (χ0) is 13.1. The first-order valence-corrected chi connectivity index (χ1v) is 6.66. The third-order valence-corrected chi connectivity index (χ3v) is 3.62. The number of carbonyl (C=O) groups is 1. The second-order valence-electron chi connectivity index (χ2n) is 5.41. The van der Waals surface area contributed by atoms with E-state index in [9.17, 15) is 9.90 Å². The van der Waals surface area contributed by atoms with Crippen molar-refractivity contribution in [3.63, 3.8) is 0 Å². The van der Waals surface area contributed by atoms with Crippen LogP contribution < -0.4 is 4.90 Å². The van der Waals surface area contributed by atoms with Gasteiger partial charge in [-0.2, -0.15) is 0 Å². The first kappa shape index (κ1) is 12.9. The van der Waals surface area contributed by atoms with E-state index >= 15 is 0 Å². The van der Waals surface area contributed by atoms with Gasteiger partial charge in [0, 0.05) is 18.8 Å². The summed E-state index contributed by atoms with van der Waals surface area (Å²) in [4.78, 5) is 13.6. The Morgan fingerprint density at radius 1 is 1.44 bits per heavy atom. The molecule has 3 heteroatoms. The Balaban J connectivity index is 2.22. The number of benzene rings is 1. The average Bonchev–Trinajstić information content (AvgIpc) is 2.35. The van der Waals surface area contributed by atoms with Crippen molar-refractivity contribution in [2.24, 2.45) is 5.92 Å². The fraction of sp³-hybridized carbons (Fsp3) is 0.533. The minimum absolute atomic E-state index is 0.337. The van der Waals surface area contributed by atoms with Crippen LogP contribution in [0.2, 0.25) is 0 Å². The molecule has 1 atom stereocenters. The average molecular weight is 247 g/mol. The van der Waals surface area contributed by atoms with Crippen LogP contribution in [0.1, 0.15) is 38.2 Å². The smallest absolute Gasteiger partial charge is 0.311 e. The summed E-state index contributed by atoms with van der Waals surface area (Å²) in [5, 5.41) is 9.27. The van der Waals surface area contributed by atoms with Crippen LogP contribution in [0.15, 0.2) is 24.3 Å². The maximum atomic E-state index is 11.3. The van der Waals surface area contributed by atoms with Gasteiger partial charge < -0.3 is 10.0 Å². The minimum atomic E-state index is -0.703. The summed E-state index contributed by atoms with van der Waals surface area (Å²) in [6.45, 7) is 6.30. The van der Waals surface area contributed by atoms with Crippen LogP contribution in [0.5, 0.6) is 0 Å². The third kappa shape index (κ3) is 2.66. The maximum absolute atomic E-state index is 11.3. The molecule has 0 radical (unpaired) electrons. The van der Waals surface area contributed by atoms with Crippen molar-refractivity contribution in [1.82, 2.24) is 0 Å². The molecule has 1 heterocycles. The molecule has 2 rings (SSSR count). The highest BCUT2D eigenvalue weighted by Gasteiger charge is 2.29. The lowest BCUT2D eigenvalue weighted by atomic mass is 9.89. The van der Waals surface area contributed by atoms with Crippen molar-refractivity contribution in [1.29, 1.82) is 0 Å². The van der Waals surface area contributed by atoms with Crippen molar-refractivity contribution < 1.29 is 9.90 Å². The van der Waals surface area contributed by atoms with Gasteiger partial charge in [-0.25, -0.2) is 0 Å². The number of anilines is 1. The quantitative estimate of drug-likeness (QED) is 0.888. The van der Waals surface area contributed by atoms with Gasteiger partial charge in [-0.1, -0.05) is 32.0 Å². The molecule has 1 aliphatic rings. The Morgan fingerprint density at radius 2 is 2.17 bits per heavy atom. The molecule has 1 aliphatic heterocycles. The molecule has 0 aromatic heterocycles. The molecule has 0 saturated heterocycles. The van der Waals surface area contributed by atoms with E-state index in [0.717, 1.165) is 30.8 Å². The van der Waals surface area contributed by atoms with Crippen LogP contribution in [0.3, 0.4) is 0 Å². The first-order valence-electron chi connectivity index (χ1n) is 6.66. The van der Waals surface area contributed by atoms with Crippen molar-refractivity contribution in [2.45, 2.75) is 32.6 Å². The Labute approximate surface area is 108 Å². The lowest BCUT2D eigenvalue weighted by molar-refractivity contribution is -0.139. The van der Waals surface area contributed by atoms with Gasteiger partial charge in [0.1, 0.15) is 0 Å². The lowest BCUT2D eigenvalue weighted by Crippen LogP contribution is -2.34. The molecule has 0 aliphatic carbocycles. The van der Waals surface area contributed by atoms with E-state index in [1.54, 1.807) is 0 Å². The molecule has 0 bridgehead atoms. The Kier molecular flexibility index (Phi) is 3.90. The van der Waals surface area contributed by atoms with Crippen molar-refractivity contribution >= 4 is 11.7 Å². The van der Waals surface area contributed by atoms with Gasteiger partial charge in [0.15, 0.2) is 0 Å². The van der Waals surface area contributed by atoms with E-state index in [0.29, 0.717) is 12.3 Å². The zero-order valence-corrected chi connectivity index (χ0v) is 11.1. The van der Waals surface area contributed by atoms with Crippen LogP contribution in [0, 0.1) is 5.92 Å². The topological polar surface area (TPSA) is 40.5 Å². The highest BCUT2D eigenvalue weighted by atomic mass is 16.4. The van der Waals surface area contributed by atoms with Crippen LogP contribution in [-0.2, 0) is 4.79 Å². The van der Waals surface area contributed by atoms with Crippen LogP contribution in [0.25, 0.3) is 0 Å². The van der Waals surface area contributed by atoms with Crippen LogP contribution in [0.4, 0.5) is 5.69 Å². The van der Waals surface area contributed by atoms with E-state index in [-0.39, 0.29) is 5.92 Å². The molecule has 3 nitrogen and oxygen atoms in total. The van der Waals surface area contributed by atoms with E-state index in [1.165, 1.54) is 0 Å². The number of carboxylic acids is 1. The predicted octanol–water partition coefficient (Wildman–Crippen LogP) is 3.11. The van der Waals surface area contributed by atoms with Crippen LogP contribution in [-0.4, -0.2) is 24.2 Å². The predicted molar refractivity (Wildman–Crippen MR) is 73.1 cm³/mol. The number of carboxylic acid groups (broad SMARTS) is 1. The van der Waals surface area contributed by atoms with Crippen molar-refractivity contribution in [2.75, 3.05) is 18.0 Å². The largest absolute Gasteiger partial charge is 0.481 e. The molecule has 98 valence electrons. The van der Waals surface area contributed by atoms with Crippen LogP contribution >= 0.6 is 0 Å². The summed E-state index contributed by atoms with van der Waals surface area (Å²) >= 11 is 0. The van der Waals surface area contributed by atoms with E-state index in [4.69, 9.17) is 0 Å². The molecule has 1 aromatic rings. The zero-order valence-electron chi connectivity index (χ0n) is 11.1. The fourth-order valence-corrected chi connectivity index (χ4v) is 2.53. The second kappa shape index (κ2) is 5.42. The molecule has 1 unspecified atom stereocenters. The minimum Gasteiger partial charge on any atom is -0.481 e. The molecule has 18 heavy (non-hydrogen) atoms. The van der Waals surface area contributed by atoms with Gasteiger partial charge in [0.25, 0.3) is 0 Å². The van der Waals surface area contributed by atoms with E-state index in [1.807, 2.05) is 24.3 Å². The molecule has 0 saturated carbocycles. The summed E-state index contributed by atoms with van der Waals surface area (Å²) in [5.41, 5.74) is 2.08. The van der Waals surface area contributed by atoms with E-state index in [2.05, 4.69) is 18.7 Å². The molecule has 0 amide bonds. The molecule has 0 spiro atoms. The summed E-state index contributed by atoms with van der Waals surface area (Å²) in [7, 11) is 0. The fourth-order valence-electron chi connectivity index (χ4n) is 2.53. The van der Waals surface area contributed by atoms with Gasteiger partial charge in [-0.3, -0.25) is 4.79 Å². The Morgan fingerprint density at radius 3 is 2.83 bits per heavy atom. The number of fused-ring (bicyclic) bond motifs is 1. The SMILES string of the molecule is CC(C)CCN1CCC(C(=O)O)c2ccccc21. The molecular formula is C15H21NO2. The Hall–Kier alpha value is -1.51. The summed E-state index contributed by atoms with van der Waals surface area (Å²) < 4.78 is 0. The second-order valence-corrected chi connectivity index (χ2v) is 5.41. The highest BCUT2D eigenvalue weighted by molar-refractivity contribution is 5.80. The molecular weight excluding hydrogens is 226 g/mol. The highest BCUT2D eigenvalue weighted by Crippen LogP contribution is 2.35. The maximum Gasteiger partial charge on any atom is 0.311 e. The number of rotatable bonds is 4. The number of hydrogen-bond donors (Lipinski definition) is 1. The number of aliphatic carboxylic acids is 1. The number of para-hydroxylation sites is 1. The number of hydrogen-bond acceptors (Lipinski definition) is 2. The van der Waals surface area contributed by atoms with E-state index < -0.39 is 5.97 Å². The monoisotopic (exact) mass is 247 g/mol. The lowest BCUT2D eigenvalue weighted by Gasteiger charge is -2.34. The number of nitrogens with zero attached hydrogens (tertiary/aromatic N) is 1. The van der Waals surface area contributed by atoms with Gasteiger partial charge in [-0.05, 0) is 30.4 Å².